The number of hydrogen-bond acceptors (Lipinski definition) is 2. The maximum absolute atomic E-state index is 5.65. The van der Waals surface area contributed by atoms with Crippen LogP contribution in [0.3, 0.4) is 0 Å². The van der Waals surface area contributed by atoms with E-state index < -0.39 is 0 Å². The zero-order chi connectivity index (χ0) is 17.3. The summed E-state index contributed by atoms with van der Waals surface area (Å²) >= 11 is 5.65. The maximum Gasteiger partial charge on any atom is 0.170 e. The zero-order valence-corrected chi connectivity index (χ0v) is 15.7. The first-order valence-corrected chi connectivity index (χ1v) is 9.14. The van der Waals surface area contributed by atoms with Crippen molar-refractivity contribution in [3.63, 3.8) is 0 Å². The molecule has 2 aromatic rings. The first kappa shape index (κ1) is 17.0. The molecule has 128 valence electrons. The Balaban J connectivity index is 2.09. The topological polar surface area (TPSA) is 33.1 Å². The van der Waals surface area contributed by atoms with E-state index in [0.29, 0.717) is 0 Å². The van der Waals surface area contributed by atoms with Gasteiger partial charge in [-0.3, -0.25) is 4.98 Å². The van der Waals surface area contributed by atoms with Crippen molar-refractivity contribution in [1.82, 2.24) is 19.8 Å². The summed E-state index contributed by atoms with van der Waals surface area (Å²) in [5.41, 5.74) is 5.03. The molecule has 0 saturated carbocycles. The number of thiocarbonyl (C=S) groups is 1. The lowest BCUT2D eigenvalue weighted by molar-refractivity contribution is 0.316. The lowest BCUT2D eigenvalue weighted by atomic mass is 9.96. The lowest BCUT2D eigenvalue weighted by Crippen LogP contribution is -2.30. The highest BCUT2D eigenvalue weighted by atomic mass is 32.1. The average Bonchev–Trinajstić information content (AvgIpc) is 3.05. The van der Waals surface area contributed by atoms with Crippen LogP contribution in [0.25, 0.3) is 0 Å². The van der Waals surface area contributed by atoms with Crippen LogP contribution in [0.5, 0.6) is 0 Å². The van der Waals surface area contributed by atoms with Crippen molar-refractivity contribution in [2.24, 2.45) is 0 Å². The van der Waals surface area contributed by atoms with Gasteiger partial charge in [0.15, 0.2) is 5.11 Å². The minimum atomic E-state index is 0.0936. The van der Waals surface area contributed by atoms with Crippen LogP contribution in [-0.2, 0) is 6.54 Å². The summed E-state index contributed by atoms with van der Waals surface area (Å²) < 4.78 is 2.37. The van der Waals surface area contributed by atoms with Gasteiger partial charge < -0.3 is 14.8 Å². The summed E-state index contributed by atoms with van der Waals surface area (Å²) in [7, 11) is 0. The minimum absolute atomic E-state index is 0.0936. The van der Waals surface area contributed by atoms with E-state index in [9.17, 15) is 0 Å². The van der Waals surface area contributed by atoms with E-state index >= 15 is 0 Å². The normalized spacial score (nSPS) is 20.5. The Hall–Kier alpha value is -1.88. The molecule has 5 heteroatoms. The third-order valence-corrected chi connectivity index (χ3v) is 5.26. The average molecular weight is 343 g/mol. The smallest absolute Gasteiger partial charge is 0.170 e. The molecule has 1 N–H and O–H groups in total. The Morgan fingerprint density at radius 2 is 2.04 bits per heavy atom. The van der Waals surface area contributed by atoms with Gasteiger partial charge in [-0.2, -0.15) is 0 Å². The Morgan fingerprint density at radius 1 is 1.25 bits per heavy atom. The van der Waals surface area contributed by atoms with Gasteiger partial charge in [-0.1, -0.05) is 13.0 Å². The van der Waals surface area contributed by atoms with E-state index in [-0.39, 0.29) is 12.1 Å². The molecule has 2 atom stereocenters. The fraction of sp³-hybridized carbons (Fsp3) is 0.474. The molecule has 1 saturated heterocycles. The molecule has 2 aromatic heterocycles. The van der Waals surface area contributed by atoms with E-state index in [4.69, 9.17) is 12.2 Å². The minimum Gasteiger partial charge on any atom is -0.352 e. The van der Waals surface area contributed by atoms with Crippen LogP contribution in [0, 0.1) is 13.8 Å². The standard InChI is InChI=1S/C19H26N4S/c1-5-11-23-18(15-12-13(3)22(6-2)14(15)4)17(21-19(23)24)16-9-7-8-10-20-16/h7-10,12,17-18H,5-6,11H2,1-4H3,(H,21,24)/t17-,18+/m1/s1. The Bertz CT molecular complexity index is 722. The van der Waals surface area contributed by atoms with Crippen LogP contribution in [0.1, 0.15) is 55.0 Å². The Labute approximate surface area is 149 Å². The fourth-order valence-corrected chi connectivity index (χ4v) is 4.17. The SMILES string of the molecule is CCCN1C(=S)N[C@H](c2ccccn2)[C@@H]1c1cc(C)n(CC)c1C. The van der Waals surface area contributed by atoms with Gasteiger partial charge in [0.1, 0.15) is 0 Å². The maximum atomic E-state index is 5.65. The first-order chi connectivity index (χ1) is 11.6. The highest BCUT2D eigenvalue weighted by molar-refractivity contribution is 7.80. The summed E-state index contributed by atoms with van der Waals surface area (Å²) in [5.74, 6) is 0. The van der Waals surface area contributed by atoms with Gasteiger partial charge in [0.25, 0.3) is 0 Å². The van der Waals surface area contributed by atoms with Gasteiger partial charge in [0.05, 0.1) is 17.8 Å². The molecule has 3 rings (SSSR count). The van der Waals surface area contributed by atoms with E-state index in [1.54, 1.807) is 0 Å². The van der Waals surface area contributed by atoms with E-state index in [1.165, 1.54) is 17.0 Å². The molecule has 0 amide bonds. The number of pyridine rings is 1. The van der Waals surface area contributed by atoms with Gasteiger partial charge >= 0.3 is 0 Å². The predicted molar refractivity (Wildman–Crippen MR) is 102 cm³/mol. The molecule has 0 aliphatic carbocycles. The Kier molecular flexibility index (Phi) is 4.90. The number of hydrogen-bond donors (Lipinski definition) is 1. The number of nitrogens with one attached hydrogen (secondary N) is 1. The zero-order valence-electron chi connectivity index (χ0n) is 14.9. The van der Waals surface area contributed by atoms with Gasteiger partial charge in [-0.05, 0) is 63.2 Å². The van der Waals surface area contributed by atoms with Crippen molar-refractivity contribution in [3.8, 4) is 0 Å². The van der Waals surface area contributed by atoms with Crippen molar-refractivity contribution in [2.75, 3.05) is 6.54 Å². The van der Waals surface area contributed by atoms with Crippen LogP contribution in [0.4, 0.5) is 0 Å². The first-order valence-electron chi connectivity index (χ1n) is 8.73. The molecule has 3 heterocycles. The second-order valence-corrected chi connectivity index (χ2v) is 6.78. The van der Waals surface area contributed by atoms with Crippen molar-refractivity contribution in [2.45, 2.75) is 52.7 Å². The molecule has 0 bridgehead atoms. The largest absolute Gasteiger partial charge is 0.352 e. The van der Waals surface area contributed by atoms with Gasteiger partial charge in [0.2, 0.25) is 0 Å². The summed E-state index contributed by atoms with van der Waals surface area (Å²) in [6, 6.07) is 8.69. The second kappa shape index (κ2) is 6.93. The molecule has 1 fully saturated rings. The number of nitrogens with zero attached hydrogens (tertiary/aromatic N) is 3. The Morgan fingerprint density at radius 3 is 2.62 bits per heavy atom. The molecular formula is C19H26N4S. The highest BCUT2D eigenvalue weighted by Crippen LogP contribution is 2.40. The quantitative estimate of drug-likeness (QED) is 0.836. The summed E-state index contributed by atoms with van der Waals surface area (Å²) in [6.45, 7) is 10.7. The van der Waals surface area contributed by atoms with Crippen LogP contribution in [-0.4, -0.2) is 26.1 Å². The van der Waals surface area contributed by atoms with E-state index in [2.05, 4.69) is 59.6 Å². The summed E-state index contributed by atoms with van der Waals surface area (Å²) in [4.78, 5) is 6.92. The van der Waals surface area contributed by atoms with Crippen molar-refractivity contribution in [1.29, 1.82) is 0 Å². The number of aromatic nitrogens is 2. The van der Waals surface area contributed by atoms with Crippen LogP contribution in [0.15, 0.2) is 30.5 Å². The van der Waals surface area contributed by atoms with Gasteiger partial charge in [-0.15, -0.1) is 0 Å². The molecule has 24 heavy (non-hydrogen) atoms. The highest BCUT2D eigenvalue weighted by Gasteiger charge is 2.40. The van der Waals surface area contributed by atoms with Crippen LogP contribution < -0.4 is 5.32 Å². The van der Waals surface area contributed by atoms with Crippen LogP contribution in [0.2, 0.25) is 0 Å². The molecule has 4 nitrogen and oxygen atoms in total. The molecular weight excluding hydrogens is 316 g/mol. The van der Waals surface area contributed by atoms with Crippen molar-refractivity contribution in [3.05, 3.63) is 53.1 Å². The van der Waals surface area contributed by atoms with Crippen molar-refractivity contribution < 1.29 is 0 Å². The van der Waals surface area contributed by atoms with E-state index in [0.717, 1.165) is 30.3 Å². The molecule has 1 aliphatic heterocycles. The van der Waals surface area contributed by atoms with Gasteiger partial charge in [0, 0.05) is 30.7 Å². The molecule has 0 unspecified atom stereocenters. The summed E-state index contributed by atoms with van der Waals surface area (Å²) in [6.07, 6.45) is 2.93. The molecule has 0 aromatic carbocycles. The van der Waals surface area contributed by atoms with E-state index in [1.807, 2.05) is 18.3 Å². The van der Waals surface area contributed by atoms with Gasteiger partial charge in [-0.25, -0.2) is 0 Å². The third-order valence-electron chi connectivity index (χ3n) is 4.91. The predicted octanol–water partition coefficient (Wildman–Crippen LogP) is 3.90. The second-order valence-electron chi connectivity index (χ2n) is 6.39. The molecule has 1 aliphatic rings. The monoisotopic (exact) mass is 342 g/mol. The molecule has 0 radical (unpaired) electrons. The van der Waals surface area contributed by atoms with Crippen LogP contribution >= 0.6 is 12.2 Å². The lowest BCUT2D eigenvalue weighted by Gasteiger charge is -2.27. The fourth-order valence-electron chi connectivity index (χ4n) is 3.84. The summed E-state index contributed by atoms with van der Waals surface area (Å²) in [5, 5.41) is 4.35. The third kappa shape index (κ3) is 2.81. The number of rotatable bonds is 5. The van der Waals surface area contributed by atoms with Crippen molar-refractivity contribution >= 4 is 17.3 Å². The molecule has 0 spiro atoms. The number of aryl methyl sites for hydroxylation is 1.